The van der Waals surface area contributed by atoms with Gasteiger partial charge in [0.1, 0.15) is 11.5 Å². The van der Waals surface area contributed by atoms with E-state index in [-0.39, 0.29) is 5.56 Å². The van der Waals surface area contributed by atoms with Crippen molar-refractivity contribution in [2.75, 3.05) is 11.1 Å². The zero-order valence-electron chi connectivity index (χ0n) is 17.2. The van der Waals surface area contributed by atoms with E-state index < -0.39 is 17.8 Å². The van der Waals surface area contributed by atoms with Gasteiger partial charge in [0.05, 0.1) is 11.6 Å². The number of rotatable bonds is 3. The quantitative estimate of drug-likeness (QED) is 0.442. The molecule has 0 unspecified atom stereocenters. The molecule has 0 spiro atoms. The summed E-state index contributed by atoms with van der Waals surface area (Å²) in [5.41, 5.74) is 7.58. The SMILES string of the molecule is Cc1ccc(NC(=O)c2ccnc(C(F)(F)F)c2)cc1-c1cc(C#N)c2cc(N)ncc2c1. The highest BCUT2D eigenvalue weighted by Crippen LogP contribution is 2.32. The zero-order valence-corrected chi connectivity index (χ0v) is 17.2. The molecule has 0 saturated carbocycles. The van der Waals surface area contributed by atoms with Gasteiger partial charge in [0.25, 0.3) is 5.91 Å². The zero-order chi connectivity index (χ0) is 23.8. The third-order valence-corrected chi connectivity index (χ3v) is 5.10. The number of hydrogen-bond donors (Lipinski definition) is 2. The van der Waals surface area contributed by atoms with E-state index >= 15 is 0 Å². The first-order valence-electron chi connectivity index (χ1n) is 9.71. The van der Waals surface area contributed by atoms with Crippen LogP contribution in [0.3, 0.4) is 0 Å². The van der Waals surface area contributed by atoms with Crippen molar-refractivity contribution in [1.82, 2.24) is 9.97 Å². The number of nitrogen functional groups attached to an aromatic ring is 1. The number of aromatic nitrogens is 2. The lowest BCUT2D eigenvalue weighted by Crippen LogP contribution is -2.15. The Balaban J connectivity index is 1.70. The topological polar surface area (TPSA) is 105 Å². The average molecular weight is 447 g/mol. The molecule has 4 rings (SSSR count). The van der Waals surface area contributed by atoms with E-state index in [1.54, 1.807) is 36.5 Å². The van der Waals surface area contributed by atoms with Crippen LogP contribution in [0.4, 0.5) is 24.7 Å². The molecule has 0 bridgehead atoms. The van der Waals surface area contributed by atoms with Crippen molar-refractivity contribution in [3.05, 3.63) is 83.3 Å². The Labute approximate surface area is 186 Å². The largest absolute Gasteiger partial charge is 0.433 e. The van der Waals surface area contributed by atoms with Gasteiger partial charge in [0.15, 0.2) is 0 Å². The van der Waals surface area contributed by atoms with Crippen LogP contribution in [0, 0.1) is 18.3 Å². The highest BCUT2D eigenvalue weighted by atomic mass is 19.4. The number of pyridine rings is 2. The Morgan fingerprint density at radius 2 is 1.88 bits per heavy atom. The summed E-state index contributed by atoms with van der Waals surface area (Å²) in [4.78, 5) is 19.9. The second-order valence-corrected chi connectivity index (χ2v) is 7.38. The molecular weight excluding hydrogens is 431 g/mol. The van der Waals surface area contributed by atoms with Gasteiger partial charge in [-0.2, -0.15) is 18.4 Å². The fourth-order valence-electron chi connectivity index (χ4n) is 3.46. The van der Waals surface area contributed by atoms with Gasteiger partial charge >= 0.3 is 6.18 Å². The molecule has 2 heterocycles. The summed E-state index contributed by atoms with van der Waals surface area (Å²) in [5.74, 6) is -0.397. The van der Waals surface area contributed by atoms with Crippen LogP contribution in [-0.2, 0) is 6.18 Å². The van der Waals surface area contributed by atoms with Gasteiger partial charge in [-0.3, -0.25) is 9.78 Å². The highest BCUT2D eigenvalue weighted by Gasteiger charge is 2.33. The molecule has 2 aromatic heterocycles. The number of nitrogens with zero attached hydrogens (tertiary/aromatic N) is 3. The summed E-state index contributed by atoms with van der Waals surface area (Å²) in [6.45, 7) is 1.87. The lowest BCUT2D eigenvalue weighted by molar-refractivity contribution is -0.141. The van der Waals surface area contributed by atoms with Gasteiger partial charge in [-0.1, -0.05) is 6.07 Å². The number of alkyl halides is 3. The Kier molecular flexibility index (Phi) is 5.44. The second-order valence-electron chi connectivity index (χ2n) is 7.38. The van der Waals surface area contributed by atoms with Crippen LogP contribution in [0.1, 0.15) is 27.2 Å². The van der Waals surface area contributed by atoms with E-state index in [9.17, 15) is 23.2 Å². The standard InChI is InChI=1S/C24H16F3N5O/c1-13-2-3-18(32-23(33)14-4-5-30-21(8-14)24(25,26)27)9-19(13)15-6-16(11-28)20-10-22(29)31-12-17(20)7-15/h2-10,12H,1H3,(H2,29,31)(H,32,33). The van der Waals surface area contributed by atoms with E-state index in [0.717, 1.165) is 28.3 Å². The number of halogens is 3. The monoisotopic (exact) mass is 447 g/mol. The smallest absolute Gasteiger partial charge is 0.384 e. The molecule has 164 valence electrons. The third kappa shape index (κ3) is 4.45. The number of benzene rings is 2. The number of amides is 1. The van der Waals surface area contributed by atoms with Gasteiger partial charge in [0, 0.05) is 34.4 Å². The van der Waals surface area contributed by atoms with Crippen LogP contribution < -0.4 is 11.1 Å². The number of carbonyl (C=O) groups excluding carboxylic acids is 1. The van der Waals surface area contributed by atoms with Crippen LogP contribution in [0.15, 0.2) is 60.9 Å². The summed E-state index contributed by atoms with van der Waals surface area (Å²) >= 11 is 0. The Hall–Kier alpha value is -4.45. The minimum Gasteiger partial charge on any atom is -0.384 e. The van der Waals surface area contributed by atoms with E-state index in [0.29, 0.717) is 28.5 Å². The van der Waals surface area contributed by atoms with E-state index in [4.69, 9.17) is 5.73 Å². The van der Waals surface area contributed by atoms with Crippen LogP contribution in [0.2, 0.25) is 0 Å². The minimum absolute atomic E-state index is 0.166. The molecule has 33 heavy (non-hydrogen) atoms. The lowest BCUT2D eigenvalue weighted by atomic mass is 9.95. The minimum atomic E-state index is -4.65. The molecule has 0 fully saturated rings. The Bertz CT molecular complexity index is 1440. The first-order chi connectivity index (χ1) is 15.7. The van der Waals surface area contributed by atoms with E-state index in [1.165, 1.54) is 6.07 Å². The van der Waals surface area contributed by atoms with Gasteiger partial charge in [0.2, 0.25) is 0 Å². The van der Waals surface area contributed by atoms with Crippen molar-refractivity contribution in [2.24, 2.45) is 0 Å². The van der Waals surface area contributed by atoms with Crippen molar-refractivity contribution < 1.29 is 18.0 Å². The molecule has 0 aliphatic carbocycles. The number of aryl methyl sites for hydroxylation is 1. The number of nitrogens with one attached hydrogen (secondary N) is 1. The molecule has 0 radical (unpaired) electrons. The summed E-state index contributed by atoms with van der Waals surface area (Å²) in [6, 6.07) is 14.4. The van der Waals surface area contributed by atoms with Crippen molar-refractivity contribution in [1.29, 1.82) is 5.26 Å². The predicted molar refractivity (Wildman–Crippen MR) is 118 cm³/mol. The fourth-order valence-corrected chi connectivity index (χ4v) is 3.46. The number of hydrogen-bond acceptors (Lipinski definition) is 5. The van der Waals surface area contributed by atoms with Crippen molar-refractivity contribution in [3.8, 4) is 17.2 Å². The molecule has 1 amide bonds. The Morgan fingerprint density at radius 3 is 2.61 bits per heavy atom. The molecule has 9 heteroatoms. The number of nitriles is 1. The van der Waals surface area contributed by atoms with Gasteiger partial charge in [-0.05, 0) is 66.1 Å². The van der Waals surface area contributed by atoms with Crippen LogP contribution in [0.5, 0.6) is 0 Å². The van der Waals surface area contributed by atoms with Gasteiger partial charge in [-0.25, -0.2) is 4.98 Å². The summed E-state index contributed by atoms with van der Waals surface area (Å²) in [6.07, 6.45) is -2.13. The lowest BCUT2D eigenvalue weighted by Gasteiger charge is -2.13. The van der Waals surface area contributed by atoms with Crippen LogP contribution in [0.25, 0.3) is 21.9 Å². The molecule has 0 atom stereocenters. The molecule has 0 saturated heterocycles. The van der Waals surface area contributed by atoms with Crippen molar-refractivity contribution in [3.63, 3.8) is 0 Å². The predicted octanol–water partition coefficient (Wildman–Crippen LogP) is 5.33. The first-order valence-corrected chi connectivity index (χ1v) is 9.71. The van der Waals surface area contributed by atoms with Crippen LogP contribution >= 0.6 is 0 Å². The van der Waals surface area contributed by atoms with Gasteiger partial charge < -0.3 is 11.1 Å². The number of anilines is 2. The van der Waals surface area contributed by atoms with E-state index in [1.807, 2.05) is 13.0 Å². The molecule has 0 aliphatic heterocycles. The molecule has 6 nitrogen and oxygen atoms in total. The van der Waals surface area contributed by atoms with Crippen molar-refractivity contribution >= 4 is 28.2 Å². The van der Waals surface area contributed by atoms with Gasteiger partial charge in [-0.15, -0.1) is 0 Å². The maximum absolute atomic E-state index is 12.9. The average Bonchev–Trinajstić information content (AvgIpc) is 2.79. The third-order valence-electron chi connectivity index (χ3n) is 5.10. The second kappa shape index (κ2) is 8.24. The molecule has 3 N–H and O–H groups in total. The van der Waals surface area contributed by atoms with Crippen LogP contribution in [-0.4, -0.2) is 15.9 Å². The normalized spacial score (nSPS) is 11.2. The van der Waals surface area contributed by atoms with E-state index in [2.05, 4.69) is 21.4 Å². The fraction of sp³-hybridized carbons (Fsp3) is 0.0833. The maximum Gasteiger partial charge on any atom is 0.433 e. The Morgan fingerprint density at radius 1 is 1.09 bits per heavy atom. The number of carbonyl (C=O) groups is 1. The molecule has 4 aromatic rings. The number of fused-ring (bicyclic) bond motifs is 1. The first kappa shape index (κ1) is 21.8. The molecule has 0 aliphatic rings. The summed E-state index contributed by atoms with van der Waals surface area (Å²) in [7, 11) is 0. The number of nitrogens with two attached hydrogens (primary N) is 1. The summed E-state index contributed by atoms with van der Waals surface area (Å²) in [5, 5.41) is 13.6. The molecule has 2 aromatic carbocycles. The van der Waals surface area contributed by atoms with Crippen molar-refractivity contribution in [2.45, 2.75) is 13.1 Å². The summed E-state index contributed by atoms with van der Waals surface area (Å²) < 4.78 is 38.7. The maximum atomic E-state index is 12.9. The highest BCUT2D eigenvalue weighted by molar-refractivity contribution is 6.04. The molecular formula is C24H16F3N5O.